The number of rotatable bonds is 5. The highest BCUT2D eigenvalue weighted by Crippen LogP contribution is 2.34. The maximum atomic E-state index is 5.64. The van der Waals surface area contributed by atoms with Crippen LogP contribution in [0.1, 0.15) is 29.8 Å². The highest BCUT2D eigenvalue weighted by Gasteiger charge is 2.20. The maximum Gasteiger partial charge on any atom is 0.188 e. The molecule has 1 aromatic carbocycles. The van der Waals surface area contributed by atoms with Crippen molar-refractivity contribution in [1.82, 2.24) is 24.3 Å². The molecule has 0 fully saturated rings. The zero-order valence-electron chi connectivity index (χ0n) is 17.3. The van der Waals surface area contributed by atoms with E-state index in [1.807, 2.05) is 41.5 Å². The number of anilines is 2. The minimum absolute atomic E-state index is 0.785. The molecule has 0 radical (unpaired) electrons. The zero-order chi connectivity index (χ0) is 20.7. The highest BCUT2D eigenvalue weighted by atomic mass is 32.1. The van der Waals surface area contributed by atoms with Gasteiger partial charge in [0.2, 0.25) is 0 Å². The Bertz CT molecular complexity index is 1200. The first-order valence-corrected chi connectivity index (χ1v) is 11.0. The second-order valence-electron chi connectivity index (χ2n) is 7.58. The zero-order valence-corrected chi connectivity index (χ0v) is 18.2. The molecule has 1 N–H and O–H groups in total. The molecule has 0 spiro atoms. The SMILES string of the molecule is COc1cc(-c2csc(Nc3c4c(nn3C)CCCC4)n2)ccc1-n1cnc(C)c1. The Labute approximate surface area is 179 Å². The number of nitrogens with zero attached hydrogens (tertiary/aromatic N) is 5. The molecular formula is C22H24N6OS. The van der Waals surface area contributed by atoms with Crippen molar-refractivity contribution in [2.75, 3.05) is 12.4 Å². The second kappa shape index (κ2) is 7.60. The summed E-state index contributed by atoms with van der Waals surface area (Å²) < 4.78 is 9.56. The minimum atomic E-state index is 0.785. The van der Waals surface area contributed by atoms with Crippen LogP contribution in [0.3, 0.4) is 0 Å². The highest BCUT2D eigenvalue weighted by molar-refractivity contribution is 7.14. The Morgan fingerprint density at radius 2 is 2.07 bits per heavy atom. The molecule has 3 heterocycles. The largest absolute Gasteiger partial charge is 0.495 e. The summed E-state index contributed by atoms with van der Waals surface area (Å²) in [5.74, 6) is 1.85. The van der Waals surface area contributed by atoms with Gasteiger partial charge in [0, 0.05) is 29.8 Å². The third kappa shape index (κ3) is 3.37. The average Bonchev–Trinajstić information content (AvgIpc) is 3.47. The van der Waals surface area contributed by atoms with E-state index in [9.17, 15) is 0 Å². The third-order valence-corrected chi connectivity index (χ3v) is 6.27. The van der Waals surface area contributed by atoms with Crippen LogP contribution in [0.25, 0.3) is 16.9 Å². The van der Waals surface area contributed by atoms with Crippen LogP contribution in [0.15, 0.2) is 36.1 Å². The summed E-state index contributed by atoms with van der Waals surface area (Å²) >= 11 is 1.60. The van der Waals surface area contributed by atoms with Crippen molar-refractivity contribution in [3.05, 3.63) is 53.1 Å². The Morgan fingerprint density at radius 3 is 2.87 bits per heavy atom. The van der Waals surface area contributed by atoms with E-state index in [1.54, 1.807) is 24.8 Å². The maximum absolute atomic E-state index is 5.64. The van der Waals surface area contributed by atoms with Gasteiger partial charge in [-0.05, 0) is 44.7 Å². The molecule has 0 saturated carbocycles. The number of methoxy groups -OCH3 is 1. The lowest BCUT2D eigenvalue weighted by molar-refractivity contribution is 0.413. The molecule has 1 aliphatic rings. The number of aromatic nitrogens is 5. The van der Waals surface area contributed by atoms with Crippen LogP contribution in [0.2, 0.25) is 0 Å². The average molecular weight is 421 g/mol. The van der Waals surface area contributed by atoms with E-state index in [0.29, 0.717) is 0 Å². The number of nitrogens with one attached hydrogen (secondary N) is 1. The van der Waals surface area contributed by atoms with Gasteiger partial charge in [-0.15, -0.1) is 11.3 Å². The van der Waals surface area contributed by atoms with Crippen LogP contribution in [-0.2, 0) is 19.9 Å². The molecule has 30 heavy (non-hydrogen) atoms. The fourth-order valence-corrected chi connectivity index (χ4v) is 4.72. The fourth-order valence-electron chi connectivity index (χ4n) is 4.01. The van der Waals surface area contributed by atoms with Crippen molar-refractivity contribution in [1.29, 1.82) is 0 Å². The van der Waals surface area contributed by atoms with Gasteiger partial charge in [0.1, 0.15) is 11.6 Å². The van der Waals surface area contributed by atoms with Gasteiger partial charge in [0.25, 0.3) is 0 Å². The smallest absolute Gasteiger partial charge is 0.188 e. The van der Waals surface area contributed by atoms with Gasteiger partial charge >= 0.3 is 0 Å². The summed E-state index contributed by atoms with van der Waals surface area (Å²) in [5, 5.41) is 11.1. The first kappa shape index (κ1) is 18.9. The molecule has 7 nitrogen and oxygen atoms in total. The normalized spacial score (nSPS) is 13.3. The molecular weight excluding hydrogens is 396 g/mol. The molecule has 154 valence electrons. The quantitative estimate of drug-likeness (QED) is 0.508. The lowest BCUT2D eigenvalue weighted by Gasteiger charge is -2.11. The fraction of sp³-hybridized carbons (Fsp3) is 0.318. The number of aryl methyl sites for hydroxylation is 3. The van der Waals surface area contributed by atoms with Gasteiger partial charge < -0.3 is 14.6 Å². The molecule has 8 heteroatoms. The Kier molecular flexibility index (Phi) is 4.78. The number of thiazole rings is 1. The molecule has 0 aliphatic heterocycles. The Hall–Kier alpha value is -3.13. The van der Waals surface area contributed by atoms with Crippen molar-refractivity contribution in [3.63, 3.8) is 0 Å². The second-order valence-corrected chi connectivity index (χ2v) is 8.43. The molecule has 3 aromatic heterocycles. The summed E-state index contributed by atoms with van der Waals surface area (Å²) in [7, 11) is 3.68. The van der Waals surface area contributed by atoms with Gasteiger partial charge in [0.05, 0.1) is 36.2 Å². The predicted octanol–water partition coefficient (Wildman–Crippen LogP) is 4.67. The van der Waals surface area contributed by atoms with E-state index >= 15 is 0 Å². The van der Waals surface area contributed by atoms with Gasteiger partial charge in [-0.25, -0.2) is 9.97 Å². The van der Waals surface area contributed by atoms with Crippen LogP contribution in [0.5, 0.6) is 5.75 Å². The van der Waals surface area contributed by atoms with Crippen LogP contribution >= 0.6 is 11.3 Å². The van der Waals surface area contributed by atoms with Gasteiger partial charge in [-0.3, -0.25) is 4.68 Å². The van der Waals surface area contributed by atoms with Crippen molar-refractivity contribution >= 4 is 22.3 Å². The molecule has 0 amide bonds. The molecule has 0 atom stereocenters. The third-order valence-electron chi connectivity index (χ3n) is 5.51. The van der Waals surface area contributed by atoms with Crippen LogP contribution in [0.4, 0.5) is 10.9 Å². The number of fused-ring (bicyclic) bond motifs is 1. The Morgan fingerprint density at radius 1 is 1.20 bits per heavy atom. The molecule has 4 aromatic rings. The Balaban J connectivity index is 1.42. The van der Waals surface area contributed by atoms with E-state index in [4.69, 9.17) is 9.72 Å². The lowest BCUT2D eigenvalue weighted by atomic mass is 9.97. The van der Waals surface area contributed by atoms with Crippen LogP contribution in [-0.4, -0.2) is 31.4 Å². The number of hydrogen-bond acceptors (Lipinski definition) is 6. The summed E-state index contributed by atoms with van der Waals surface area (Å²) in [4.78, 5) is 9.13. The summed E-state index contributed by atoms with van der Waals surface area (Å²) in [6.07, 6.45) is 8.37. The summed E-state index contributed by atoms with van der Waals surface area (Å²) in [6.45, 7) is 1.97. The first-order valence-electron chi connectivity index (χ1n) is 10.1. The number of benzene rings is 1. The van der Waals surface area contributed by atoms with Crippen molar-refractivity contribution in [2.45, 2.75) is 32.6 Å². The predicted molar refractivity (Wildman–Crippen MR) is 119 cm³/mol. The number of hydrogen-bond donors (Lipinski definition) is 1. The molecule has 5 rings (SSSR count). The van der Waals surface area contributed by atoms with E-state index in [2.05, 4.69) is 26.8 Å². The van der Waals surface area contributed by atoms with Crippen molar-refractivity contribution < 1.29 is 4.74 Å². The van der Waals surface area contributed by atoms with Crippen molar-refractivity contribution in [3.8, 4) is 22.7 Å². The van der Waals surface area contributed by atoms with Crippen molar-refractivity contribution in [2.24, 2.45) is 7.05 Å². The molecule has 1 aliphatic carbocycles. The topological polar surface area (TPSA) is 69.8 Å². The molecule has 0 saturated heterocycles. The number of imidazole rings is 1. The lowest BCUT2D eigenvalue weighted by Crippen LogP contribution is -2.03. The van der Waals surface area contributed by atoms with Gasteiger partial charge in [-0.1, -0.05) is 6.07 Å². The summed E-state index contributed by atoms with van der Waals surface area (Å²) in [6, 6.07) is 6.13. The van der Waals surface area contributed by atoms with E-state index < -0.39 is 0 Å². The summed E-state index contributed by atoms with van der Waals surface area (Å²) in [5.41, 5.74) is 6.42. The first-order chi connectivity index (χ1) is 14.6. The van der Waals surface area contributed by atoms with E-state index in [-0.39, 0.29) is 0 Å². The number of ether oxygens (including phenoxy) is 1. The monoisotopic (exact) mass is 420 g/mol. The van der Waals surface area contributed by atoms with Crippen LogP contribution in [0, 0.1) is 6.92 Å². The van der Waals surface area contributed by atoms with Gasteiger partial charge in [0.15, 0.2) is 5.13 Å². The standard InChI is InChI=1S/C22H24N6OS/c1-14-11-28(13-23-14)19-9-8-15(10-20(19)29-3)18-12-30-22(24-18)25-21-16-6-4-5-7-17(16)26-27(21)2/h8-13H,4-7H2,1-3H3,(H,24,25). The molecule has 0 bridgehead atoms. The minimum Gasteiger partial charge on any atom is -0.495 e. The van der Waals surface area contributed by atoms with E-state index in [1.165, 1.54) is 24.1 Å². The molecule has 0 unspecified atom stereocenters. The van der Waals surface area contributed by atoms with Gasteiger partial charge in [-0.2, -0.15) is 5.10 Å². The van der Waals surface area contributed by atoms with E-state index in [0.717, 1.165) is 52.2 Å². The van der Waals surface area contributed by atoms with Crippen LogP contribution < -0.4 is 10.1 Å².